The van der Waals surface area contributed by atoms with Gasteiger partial charge in [-0.3, -0.25) is 28.8 Å². The Morgan fingerprint density at radius 3 is 2.39 bits per heavy atom. The maximum atomic E-state index is 15.2. The second-order valence-electron chi connectivity index (χ2n) is 16.1. The monoisotopic (exact) mass is 885 g/mol. The number of halogens is 2. The number of para-hydroxylation sites is 1. The van der Waals surface area contributed by atoms with E-state index < -0.39 is 46.8 Å². The Morgan fingerprint density at radius 1 is 0.881 bits per heavy atom. The second-order valence-corrected chi connectivity index (χ2v) is 18.5. The molecule has 3 fully saturated rings. The number of fused-ring (bicyclic) bond motifs is 5. The Balaban J connectivity index is 1.03. The van der Waals surface area contributed by atoms with Crippen molar-refractivity contribution < 1.29 is 24.3 Å². The zero-order chi connectivity index (χ0) is 41.1. The van der Waals surface area contributed by atoms with E-state index in [1.165, 1.54) is 9.80 Å². The molecule has 6 unspecified atom stereocenters. The molecular formula is C46H37BrClN5O5S. The number of phenolic OH excluding ortho intramolecular Hbond substituents is 1. The Hall–Kier alpha value is -5.56. The number of hydrogen-bond acceptors (Lipinski definition) is 8. The number of anilines is 4. The van der Waals surface area contributed by atoms with Gasteiger partial charge in [-0.05, 0) is 116 Å². The van der Waals surface area contributed by atoms with Crippen molar-refractivity contribution >= 4 is 95.5 Å². The first kappa shape index (κ1) is 37.7. The molecule has 0 spiro atoms. The lowest BCUT2D eigenvalue weighted by atomic mass is 9.51. The summed E-state index contributed by atoms with van der Waals surface area (Å²) in [6, 6.07) is 29.5. The summed E-state index contributed by atoms with van der Waals surface area (Å²) in [5, 5.41) is 21.3. The fraction of sp³-hybridized carbons (Fsp3) is 0.239. The molecule has 0 radical (unpaired) electrons. The molecule has 296 valence electrons. The van der Waals surface area contributed by atoms with E-state index in [1.54, 1.807) is 59.5 Å². The zero-order valence-corrected chi connectivity index (χ0v) is 35.3. The van der Waals surface area contributed by atoms with E-state index in [1.807, 2.05) is 80.6 Å². The van der Waals surface area contributed by atoms with Crippen molar-refractivity contribution in [3.05, 3.63) is 129 Å². The van der Waals surface area contributed by atoms with Crippen LogP contribution >= 0.6 is 38.9 Å². The van der Waals surface area contributed by atoms with E-state index in [-0.39, 0.29) is 30.4 Å². The molecule has 1 saturated carbocycles. The second kappa shape index (κ2) is 13.8. The Kier molecular flexibility index (Phi) is 8.79. The van der Waals surface area contributed by atoms with Crippen molar-refractivity contribution in [1.82, 2.24) is 9.78 Å². The van der Waals surface area contributed by atoms with Crippen LogP contribution in [0.25, 0.3) is 20.7 Å². The number of hydrogen-bond donors (Lipinski definition) is 2. The number of phenols is 1. The van der Waals surface area contributed by atoms with Gasteiger partial charge in [-0.2, -0.15) is 5.10 Å². The lowest BCUT2D eigenvalue weighted by Crippen LogP contribution is -2.49. The minimum absolute atomic E-state index is 0.0247. The van der Waals surface area contributed by atoms with E-state index in [2.05, 4.69) is 21.2 Å². The Labute approximate surface area is 357 Å². The highest BCUT2D eigenvalue weighted by Gasteiger charge is 2.68. The lowest BCUT2D eigenvalue weighted by Gasteiger charge is -2.49. The van der Waals surface area contributed by atoms with E-state index in [9.17, 15) is 19.5 Å². The molecule has 6 atom stereocenters. The number of amides is 4. The van der Waals surface area contributed by atoms with E-state index in [0.29, 0.717) is 32.3 Å². The summed E-state index contributed by atoms with van der Waals surface area (Å²) in [6.07, 6.45) is 2.45. The number of imide groups is 2. The van der Waals surface area contributed by atoms with Gasteiger partial charge in [0, 0.05) is 50.2 Å². The predicted octanol–water partition coefficient (Wildman–Crippen LogP) is 9.91. The van der Waals surface area contributed by atoms with E-state index in [4.69, 9.17) is 16.7 Å². The van der Waals surface area contributed by atoms with Gasteiger partial charge in [-0.1, -0.05) is 57.4 Å². The van der Waals surface area contributed by atoms with Crippen LogP contribution in [-0.4, -0.2) is 38.5 Å². The number of carbonyl (C=O) groups excluding carboxylic acids is 4. The van der Waals surface area contributed by atoms with E-state index >= 15 is 4.79 Å². The largest absolute Gasteiger partial charge is 0.508 e. The highest BCUT2D eigenvalue weighted by Crippen LogP contribution is 2.64. The van der Waals surface area contributed by atoms with Crippen LogP contribution in [0.5, 0.6) is 5.75 Å². The normalized spacial score (nSPS) is 25.0. The smallest absolute Gasteiger partial charge is 0.242 e. The topological polar surface area (TPSA) is 125 Å². The number of allylic oxidation sites excluding steroid dienone is 2. The van der Waals surface area contributed by atoms with Gasteiger partial charge in [0.05, 0.1) is 33.7 Å². The molecule has 13 heteroatoms. The average molecular weight is 887 g/mol. The third-order valence-corrected chi connectivity index (χ3v) is 15.0. The van der Waals surface area contributed by atoms with Gasteiger partial charge in [0.15, 0.2) is 0 Å². The number of thiophene rings is 1. The molecule has 4 amide bonds. The van der Waals surface area contributed by atoms with E-state index in [0.717, 1.165) is 37.5 Å². The summed E-state index contributed by atoms with van der Waals surface area (Å²) in [5.74, 6) is -4.69. The van der Waals surface area contributed by atoms with Crippen molar-refractivity contribution in [2.45, 2.75) is 32.6 Å². The third kappa shape index (κ3) is 5.67. The summed E-state index contributed by atoms with van der Waals surface area (Å²) in [4.78, 5) is 62.5. The van der Waals surface area contributed by atoms with Gasteiger partial charge in [0.2, 0.25) is 23.6 Å². The summed E-state index contributed by atoms with van der Waals surface area (Å²) in [5.41, 5.74) is 3.73. The molecule has 0 bridgehead atoms. The Bertz CT molecular complexity index is 2820. The molecule has 2 aromatic heterocycles. The minimum atomic E-state index is -1.34. The maximum Gasteiger partial charge on any atom is 0.242 e. The van der Waals surface area contributed by atoms with Gasteiger partial charge in [0.25, 0.3) is 0 Å². The van der Waals surface area contributed by atoms with Crippen molar-refractivity contribution in [3.63, 3.8) is 0 Å². The molecule has 6 aromatic rings. The molecule has 4 aliphatic rings. The number of nitrogens with zero attached hydrogens (tertiary/aromatic N) is 4. The zero-order valence-electron chi connectivity index (χ0n) is 32.1. The number of rotatable bonds is 6. The quantitative estimate of drug-likeness (QED) is 0.126. The number of nitrogens with one attached hydrogen (secondary N) is 1. The first-order valence-corrected chi connectivity index (χ1v) is 21.4. The maximum absolute atomic E-state index is 15.2. The van der Waals surface area contributed by atoms with Crippen LogP contribution in [0.4, 0.5) is 22.9 Å². The molecule has 2 N–H and O–H groups in total. The van der Waals surface area contributed by atoms with Crippen molar-refractivity contribution in [2.75, 3.05) is 15.1 Å². The minimum Gasteiger partial charge on any atom is -0.508 e. The highest BCUT2D eigenvalue weighted by molar-refractivity contribution is 9.10. The van der Waals surface area contributed by atoms with Gasteiger partial charge in [0.1, 0.15) is 17.3 Å². The lowest BCUT2D eigenvalue weighted by molar-refractivity contribution is -0.131. The fourth-order valence-corrected chi connectivity index (χ4v) is 11.9. The first-order valence-electron chi connectivity index (χ1n) is 19.4. The highest BCUT2D eigenvalue weighted by atomic mass is 79.9. The van der Waals surface area contributed by atoms with Crippen LogP contribution in [0.15, 0.2) is 113 Å². The van der Waals surface area contributed by atoms with Crippen LogP contribution in [-0.2, 0) is 26.2 Å². The summed E-state index contributed by atoms with van der Waals surface area (Å²) >= 11 is 11.5. The first-order chi connectivity index (χ1) is 28.3. The van der Waals surface area contributed by atoms with Crippen LogP contribution in [0, 0.1) is 36.0 Å². The van der Waals surface area contributed by atoms with Crippen molar-refractivity contribution in [3.8, 4) is 16.3 Å². The molecule has 10 rings (SSSR count). The summed E-state index contributed by atoms with van der Waals surface area (Å²) in [7, 11) is 1.72. The van der Waals surface area contributed by atoms with Gasteiger partial charge >= 0.3 is 0 Å². The third-order valence-electron chi connectivity index (χ3n) is 13.0. The summed E-state index contributed by atoms with van der Waals surface area (Å²) < 4.78 is 3.30. The molecular weight excluding hydrogens is 850 g/mol. The molecule has 4 heterocycles. The van der Waals surface area contributed by atoms with Gasteiger partial charge < -0.3 is 10.4 Å². The van der Waals surface area contributed by atoms with Crippen LogP contribution in [0.1, 0.15) is 36.8 Å². The Morgan fingerprint density at radius 2 is 1.63 bits per heavy atom. The van der Waals surface area contributed by atoms with Gasteiger partial charge in [-0.15, -0.1) is 11.3 Å². The molecule has 2 aliphatic heterocycles. The SMILES string of the molecule is Cc1c(-c2cc(N3C(=O)C4CC5C(=CCC6C(=O)N(c7ccc(Nc8ccccc8)cc7)C(=O)C65)C(c5cc(Br)ccc5O)C4(C)C3=O)n(C)n2)sc2ccc(Cl)cc12. The average Bonchev–Trinajstić information content (AvgIpc) is 3.89. The van der Waals surface area contributed by atoms with Crippen molar-refractivity contribution in [2.24, 2.45) is 36.1 Å². The van der Waals surface area contributed by atoms with Crippen LogP contribution in [0.2, 0.25) is 5.02 Å². The number of aryl methyl sites for hydroxylation is 2. The predicted molar refractivity (Wildman–Crippen MR) is 233 cm³/mol. The molecule has 4 aromatic carbocycles. The molecule has 59 heavy (non-hydrogen) atoms. The fourth-order valence-electron chi connectivity index (χ4n) is 10.2. The number of aromatic nitrogens is 2. The molecule has 10 nitrogen and oxygen atoms in total. The number of benzene rings is 4. The van der Waals surface area contributed by atoms with Crippen LogP contribution < -0.4 is 15.1 Å². The molecule has 2 aliphatic carbocycles. The standard InChI is InChI=1S/C46H37BrClN5O5S/c1-23-31-20-25(48)10-18-37(31)59-41(23)35-22-38(51(3)50-35)53-43(56)34-21-32-29(40(46(34,2)45(53)58)33-19-24(47)9-17-36(33)54)15-16-30-39(32)44(57)52(42(30)55)28-13-11-27(12-14-28)49-26-7-5-4-6-8-26/h4-15,17-20,22,30,32,34,39-40,49,54H,16,21H2,1-3H3. The number of carbonyl (C=O) groups is 4. The molecule has 2 saturated heterocycles. The van der Waals surface area contributed by atoms with Crippen molar-refractivity contribution in [1.29, 1.82) is 0 Å². The summed E-state index contributed by atoms with van der Waals surface area (Å²) in [6.45, 7) is 3.81. The van der Waals surface area contributed by atoms with Gasteiger partial charge in [-0.25, -0.2) is 4.90 Å². The number of aromatic hydroxyl groups is 1. The van der Waals surface area contributed by atoms with Crippen LogP contribution in [0.3, 0.4) is 0 Å².